The number of esters is 1. The standard InChI is InChI=1S/C40H37N5O5/c1-4-10-37-42-38-26(2)21-30(39-41-34-15-7-8-16-35(34)43(39)3)23-36(38)44(37)24-27-17-19-29(20-18-27)32-13-5-6-14-33(32)40(46)50-31-12-9-11-28(22-31)25-49-45(47)48/h5-9,11-23,47-48H,4,10,24-25H2,1-3H3. The van der Waals surface area contributed by atoms with Crippen LogP contribution in [0.2, 0.25) is 0 Å². The van der Waals surface area contributed by atoms with Crippen molar-refractivity contribution < 1.29 is 24.8 Å². The minimum absolute atomic E-state index is 0.113. The van der Waals surface area contributed by atoms with Gasteiger partial charge in [-0.3, -0.25) is 10.4 Å². The number of aryl methyl sites for hydroxylation is 3. The summed E-state index contributed by atoms with van der Waals surface area (Å²) in [4.78, 5) is 28.1. The fourth-order valence-corrected chi connectivity index (χ4v) is 6.44. The third-order valence-electron chi connectivity index (χ3n) is 8.85. The number of hydrogen-bond acceptors (Lipinski definition) is 8. The Bertz CT molecular complexity index is 2320. The van der Waals surface area contributed by atoms with Crippen LogP contribution in [0.5, 0.6) is 5.75 Å². The fraction of sp³-hybridized carbons (Fsp3) is 0.175. The molecule has 0 saturated carbocycles. The lowest BCUT2D eigenvalue weighted by Gasteiger charge is -2.13. The molecule has 0 radical (unpaired) electrons. The van der Waals surface area contributed by atoms with E-state index in [2.05, 4.69) is 65.2 Å². The molecule has 10 heteroatoms. The number of nitrogens with zero attached hydrogens (tertiary/aromatic N) is 5. The van der Waals surface area contributed by atoms with E-state index < -0.39 is 5.97 Å². The summed E-state index contributed by atoms with van der Waals surface area (Å²) in [6, 6.07) is 34.9. The molecule has 0 amide bonds. The smallest absolute Gasteiger partial charge is 0.344 e. The lowest BCUT2D eigenvalue weighted by Crippen LogP contribution is -2.14. The van der Waals surface area contributed by atoms with Crippen molar-refractivity contribution >= 4 is 28.0 Å². The predicted molar refractivity (Wildman–Crippen MR) is 191 cm³/mol. The van der Waals surface area contributed by atoms with Crippen molar-refractivity contribution in [1.29, 1.82) is 0 Å². The van der Waals surface area contributed by atoms with E-state index in [4.69, 9.17) is 25.1 Å². The quantitative estimate of drug-likeness (QED) is 0.0805. The Morgan fingerprint density at radius 3 is 2.38 bits per heavy atom. The Morgan fingerprint density at radius 1 is 0.820 bits per heavy atom. The zero-order chi connectivity index (χ0) is 34.8. The van der Waals surface area contributed by atoms with E-state index in [0.717, 1.165) is 74.4 Å². The van der Waals surface area contributed by atoms with E-state index in [1.807, 2.05) is 42.5 Å². The molecule has 0 aliphatic heterocycles. The van der Waals surface area contributed by atoms with Crippen LogP contribution in [0.25, 0.3) is 44.6 Å². The van der Waals surface area contributed by atoms with Crippen molar-refractivity contribution in [3.63, 3.8) is 0 Å². The van der Waals surface area contributed by atoms with Gasteiger partial charge in [-0.15, -0.1) is 0 Å². The second kappa shape index (κ2) is 14.1. The summed E-state index contributed by atoms with van der Waals surface area (Å²) < 4.78 is 10.2. The van der Waals surface area contributed by atoms with E-state index in [1.54, 1.807) is 36.4 Å². The highest BCUT2D eigenvalue weighted by Crippen LogP contribution is 2.31. The minimum Gasteiger partial charge on any atom is -0.423 e. The molecule has 0 aliphatic rings. The van der Waals surface area contributed by atoms with Gasteiger partial charge < -0.3 is 13.9 Å². The highest BCUT2D eigenvalue weighted by molar-refractivity contribution is 5.98. The first-order valence-electron chi connectivity index (χ1n) is 16.5. The van der Waals surface area contributed by atoms with Gasteiger partial charge in [0.2, 0.25) is 0 Å². The highest BCUT2D eigenvalue weighted by Gasteiger charge is 2.19. The van der Waals surface area contributed by atoms with Gasteiger partial charge in [-0.2, -0.15) is 0 Å². The summed E-state index contributed by atoms with van der Waals surface area (Å²) in [5, 5.41) is 17.3. The molecule has 0 atom stereocenters. The second-order valence-electron chi connectivity index (χ2n) is 12.3. The fourth-order valence-electron chi connectivity index (χ4n) is 6.44. The average molecular weight is 668 g/mol. The minimum atomic E-state index is -0.505. The molecule has 50 heavy (non-hydrogen) atoms. The van der Waals surface area contributed by atoms with Crippen molar-refractivity contribution in [3.8, 4) is 28.3 Å². The van der Waals surface area contributed by atoms with Gasteiger partial charge in [-0.1, -0.05) is 73.7 Å². The van der Waals surface area contributed by atoms with Crippen molar-refractivity contribution in [3.05, 3.63) is 137 Å². The maximum atomic E-state index is 13.4. The SMILES string of the molecule is CCCc1nc2c(C)cc(-c3nc4ccccc4n3C)cc2n1Cc1ccc(-c2ccccc2C(=O)Oc2cccc(CON(O)O)c2)cc1. The van der Waals surface area contributed by atoms with Gasteiger partial charge in [0, 0.05) is 25.6 Å². The summed E-state index contributed by atoms with van der Waals surface area (Å²) in [5.74, 6) is 1.78. The zero-order valence-corrected chi connectivity index (χ0v) is 28.1. The van der Waals surface area contributed by atoms with Crippen LogP contribution in [0.4, 0.5) is 0 Å². The number of aromatic nitrogens is 4. The van der Waals surface area contributed by atoms with Crippen LogP contribution in [0.15, 0.2) is 109 Å². The van der Waals surface area contributed by atoms with Gasteiger partial charge in [0.05, 0.1) is 39.6 Å². The summed E-state index contributed by atoms with van der Waals surface area (Å²) >= 11 is 0. The third kappa shape index (κ3) is 6.65. The topological polar surface area (TPSA) is 115 Å². The van der Waals surface area contributed by atoms with E-state index in [-0.39, 0.29) is 12.0 Å². The number of fused-ring (bicyclic) bond motifs is 2. The highest BCUT2D eigenvalue weighted by atomic mass is 17.1. The van der Waals surface area contributed by atoms with Gasteiger partial charge in [-0.05, 0) is 83.6 Å². The van der Waals surface area contributed by atoms with Crippen LogP contribution in [0.3, 0.4) is 0 Å². The number of ether oxygens (including phenoxy) is 1. The number of para-hydroxylation sites is 2. The van der Waals surface area contributed by atoms with E-state index >= 15 is 0 Å². The Labute approximate surface area is 289 Å². The van der Waals surface area contributed by atoms with Crippen molar-refractivity contribution in [1.82, 2.24) is 24.5 Å². The first-order chi connectivity index (χ1) is 24.3. The molecule has 5 aromatic carbocycles. The van der Waals surface area contributed by atoms with Gasteiger partial charge in [0.15, 0.2) is 0 Å². The third-order valence-corrected chi connectivity index (χ3v) is 8.85. The van der Waals surface area contributed by atoms with E-state index in [0.29, 0.717) is 23.4 Å². The molecule has 0 saturated heterocycles. The maximum absolute atomic E-state index is 13.4. The molecule has 0 unspecified atom stereocenters. The molecule has 0 aliphatic carbocycles. The molecule has 7 rings (SSSR count). The van der Waals surface area contributed by atoms with Crippen molar-refractivity contribution in [2.45, 2.75) is 39.8 Å². The molecule has 0 fully saturated rings. The Balaban J connectivity index is 1.17. The Hall–Kier alpha value is -5.65. The molecule has 0 spiro atoms. The van der Waals surface area contributed by atoms with Gasteiger partial charge in [-0.25, -0.2) is 19.6 Å². The molecule has 7 aromatic rings. The zero-order valence-electron chi connectivity index (χ0n) is 28.1. The number of imidazole rings is 2. The summed E-state index contributed by atoms with van der Waals surface area (Å²) in [6.07, 6.45) is 1.84. The summed E-state index contributed by atoms with van der Waals surface area (Å²) in [6.45, 7) is 4.82. The molecule has 252 valence electrons. The molecule has 2 N–H and O–H groups in total. The number of carbonyl (C=O) groups excluding carboxylic acids is 1. The van der Waals surface area contributed by atoms with Crippen LogP contribution in [-0.2, 0) is 31.5 Å². The first-order valence-corrected chi connectivity index (χ1v) is 16.5. The van der Waals surface area contributed by atoms with E-state index in [9.17, 15) is 4.79 Å². The summed E-state index contributed by atoms with van der Waals surface area (Å²) in [5.41, 5.74) is 10.1. The molecule has 10 nitrogen and oxygen atoms in total. The molecule has 0 bridgehead atoms. The van der Waals surface area contributed by atoms with Crippen LogP contribution in [-0.4, -0.2) is 40.9 Å². The molecule has 2 aromatic heterocycles. The van der Waals surface area contributed by atoms with Crippen LogP contribution >= 0.6 is 0 Å². The largest absolute Gasteiger partial charge is 0.423 e. The summed E-state index contributed by atoms with van der Waals surface area (Å²) in [7, 11) is 2.06. The Morgan fingerprint density at radius 2 is 1.60 bits per heavy atom. The lowest BCUT2D eigenvalue weighted by atomic mass is 9.98. The second-order valence-corrected chi connectivity index (χ2v) is 12.3. The number of benzene rings is 5. The predicted octanol–water partition coefficient (Wildman–Crippen LogP) is 8.30. The number of rotatable bonds is 11. The van der Waals surface area contributed by atoms with Gasteiger partial charge >= 0.3 is 5.97 Å². The van der Waals surface area contributed by atoms with Crippen LogP contribution in [0, 0.1) is 6.92 Å². The van der Waals surface area contributed by atoms with Crippen molar-refractivity contribution in [2.75, 3.05) is 0 Å². The van der Waals surface area contributed by atoms with Crippen LogP contribution in [0.1, 0.15) is 46.2 Å². The monoisotopic (exact) mass is 667 g/mol. The number of carbonyl (C=O) groups is 1. The molecular weight excluding hydrogens is 630 g/mol. The van der Waals surface area contributed by atoms with Crippen LogP contribution < -0.4 is 4.74 Å². The lowest BCUT2D eigenvalue weighted by molar-refractivity contribution is -0.497. The molecule has 2 heterocycles. The average Bonchev–Trinajstić information content (AvgIpc) is 3.65. The first kappa shape index (κ1) is 32.9. The number of hydrogen-bond donors (Lipinski definition) is 2. The van der Waals surface area contributed by atoms with Gasteiger partial charge in [0.25, 0.3) is 0 Å². The van der Waals surface area contributed by atoms with E-state index in [1.165, 1.54) is 0 Å². The molecular formula is C40H37N5O5. The maximum Gasteiger partial charge on any atom is 0.344 e. The Kier molecular flexibility index (Phi) is 9.25. The van der Waals surface area contributed by atoms with Gasteiger partial charge in [0.1, 0.15) is 17.4 Å². The van der Waals surface area contributed by atoms with Crippen molar-refractivity contribution in [2.24, 2.45) is 7.05 Å². The normalized spacial score (nSPS) is 11.6.